The predicted molar refractivity (Wildman–Crippen MR) is 113 cm³/mol. The van der Waals surface area contributed by atoms with Gasteiger partial charge in [0.05, 0.1) is 0 Å². The van der Waals surface area contributed by atoms with Crippen LogP contribution in [0.15, 0.2) is 24.3 Å². The number of piperidine rings is 1. The third-order valence-electron chi connectivity index (χ3n) is 6.38. The van der Waals surface area contributed by atoms with Crippen LogP contribution in [0.3, 0.4) is 0 Å². The molecular formula is C21H29Cl2N3O2. The van der Waals surface area contributed by atoms with E-state index in [4.69, 9.17) is 11.6 Å². The summed E-state index contributed by atoms with van der Waals surface area (Å²) >= 11 is 6.10. The van der Waals surface area contributed by atoms with Crippen molar-refractivity contribution < 1.29 is 9.59 Å². The van der Waals surface area contributed by atoms with Gasteiger partial charge in [-0.15, -0.1) is 12.4 Å². The summed E-state index contributed by atoms with van der Waals surface area (Å²) in [5.74, 6) is 0.398. The average molecular weight is 426 g/mol. The maximum absolute atomic E-state index is 13.3. The first kappa shape index (κ1) is 21.4. The van der Waals surface area contributed by atoms with E-state index in [-0.39, 0.29) is 42.3 Å². The van der Waals surface area contributed by atoms with Crippen molar-refractivity contribution in [3.8, 4) is 0 Å². The molecule has 1 saturated carbocycles. The summed E-state index contributed by atoms with van der Waals surface area (Å²) in [6.07, 6.45) is 7.12. The highest BCUT2D eigenvalue weighted by molar-refractivity contribution is 6.31. The van der Waals surface area contributed by atoms with Crippen LogP contribution in [0, 0.1) is 5.92 Å². The van der Waals surface area contributed by atoms with E-state index in [0.717, 1.165) is 51.6 Å². The second-order valence-electron chi connectivity index (χ2n) is 8.12. The summed E-state index contributed by atoms with van der Waals surface area (Å²) < 4.78 is 0. The van der Waals surface area contributed by atoms with Gasteiger partial charge >= 0.3 is 0 Å². The monoisotopic (exact) mass is 425 g/mol. The molecule has 28 heavy (non-hydrogen) atoms. The zero-order valence-electron chi connectivity index (χ0n) is 16.0. The summed E-state index contributed by atoms with van der Waals surface area (Å²) in [5.41, 5.74) is 0.577. The second-order valence-corrected chi connectivity index (χ2v) is 8.56. The zero-order chi connectivity index (χ0) is 18.8. The van der Waals surface area contributed by atoms with E-state index in [0.29, 0.717) is 16.5 Å². The Bertz CT molecular complexity index is 709. The molecule has 3 aliphatic rings. The molecule has 3 fully saturated rings. The summed E-state index contributed by atoms with van der Waals surface area (Å²) in [4.78, 5) is 28.3. The van der Waals surface area contributed by atoms with Gasteiger partial charge in [0.15, 0.2) is 0 Å². The van der Waals surface area contributed by atoms with Crippen molar-refractivity contribution in [3.63, 3.8) is 0 Å². The van der Waals surface area contributed by atoms with Crippen LogP contribution >= 0.6 is 24.0 Å². The maximum Gasteiger partial charge on any atom is 0.254 e. The lowest BCUT2D eigenvalue weighted by Gasteiger charge is -2.34. The quantitative estimate of drug-likeness (QED) is 0.779. The van der Waals surface area contributed by atoms with Gasteiger partial charge in [-0.2, -0.15) is 0 Å². The highest BCUT2D eigenvalue weighted by Gasteiger charge is 2.47. The minimum absolute atomic E-state index is 0. The number of carbonyl (C=O) groups is 2. The lowest BCUT2D eigenvalue weighted by molar-refractivity contribution is -0.126. The molecule has 3 atom stereocenters. The van der Waals surface area contributed by atoms with Crippen LogP contribution in [0.2, 0.25) is 5.02 Å². The van der Waals surface area contributed by atoms with Crippen molar-refractivity contribution in [3.05, 3.63) is 34.9 Å². The maximum atomic E-state index is 13.3. The van der Waals surface area contributed by atoms with Crippen LogP contribution in [-0.4, -0.2) is 47.9 Å². The molecule has 1 aromatic carbocycles. The molecule has 1 aliphatic carbocycles. The van der Waals surface area contributed by atoms with Crippen LogP contribution in [0.4, 0.5) is 0 Å². The summed E-state index contributed by atoms with van der Waals surface area (Å²) in [5, 5.41) is 7.09. The van der Waals surface area contributed by atoms with Crippen molar-refractivity contribution in [2.24, 2.45) is 5.92 Å². The number of amides is 2. The largest absolute Gasteiger partial charge is 0.351 e. The molecule has 2 heterocycles. The SMILES string of the molecule is Cl.O=C(NC1CCNCC1)C1CC2CCCCC2N1C(=O)c1cccc(Cl)c1. The van der Waals surface area contributed by atoms with Gasteiger partial charge in [0, 0.05) is 22.7 Å². The first-order chi connectivity index (χ1) is 13.1. The van der Waals surface area contributed by atoms with Gasteiger partial charge in [0.25, 0.3) is 5.91 Å². The Hall–Kier alpha value is -1.30. The Morgan fingerprint density at radius 1 is 1.11 bits per heavy atom. The van der Waals surface area contributed by atoms with E-state index in [2.05, 4.69) is 10.6 Å². The second kappa shape index (κ2) is 9.47. The third kappa shape index (κ3) is 4.47. The number of halogens is 2. The van der Waals surface area contributed by atoms with E-state index in [1.807, 2.05) is 4.90 Å². The zero-order valence-corrected chi connectivity index (χ0v) is 17.6. The molecule has 7 heteroatoms. The first-order valence-electron chi connectivity index (χ1n) is 10.2. The molecule has 4 rings (SSSR count). The average Bonchev–Trinajstić information content (AvgIpc) is 3.08. The summed E-state index contributed by atoms with van der Waals surface area (Å²) in [6.45, 7) is 1.87. The topological polar surface area (TPSA) is 61.4 Å². The van der Waals surface area contributed by atoms with Crippen molar-refractivity contribution >= 4 is 35.8 Å². The minimum Gasteiger partial charge on any atom is -0.351 e. The van der Waals surface area contributed by atoms with Gasteiger partial charge in [0.2, 0.25) is 5.91 Å². The van der Waals surface area contributed by atoms with Gasteiger partial charge in [-0.25, -0.2) is 0 Å². The fourth-order valence-electron chi connectivity index (χ4n) is 5.02. The van der Waals surface area contributed by atoms with Crippen molar-refractivity contribution in [2.75, 3.05) is 13.1 Å². The van der Waals surface area contributed by atoms with E-state index in [1.165, 1.54) is 6.42 Å². The first-order valence-corrected chi connectivity index (χ1v) is 10.6. The molecule has 2 amide bonds. The number of likely N-dealkylation sites (tertiary alicyclic amines) is 1. The molecular weight excluding hydrogens is 397 g/mol. The number of benzene rings is 1. The summed E-state index contributed by atoms with van der Waals surface area (Å²) in [7, 11) is 0. The number of fused-ring (bicyclic) bond motifs is 1. The molecule has 3 unspecified atom stereocenters. The van der Waals surface area contributed by atoms with Crippen molar-refractivity contribution in [2.45, 2.75) is 63.1 Å². The van der Waals surface area contributed by atoms with Gasteiger partial charge in [-0.3, -0.25) is 9.59 Å². The van der Waals surface area contributed by atoms with Crippen molar-refractivity contribution in [1.29, 1.82) is 0 Å². The van der Waals surface area contributed by atoms with Gasteiger partial charge in [-0.05, 0) is 69.3 Å². The van der Waals surface area contributed by atoms with Crippen LogP contribution in [0.5, 0.6) is 0 Å². The molecule has 0 radical (unpaired) electrons. The standard InChI is InChI=1S/C21H28ClN3O2.ClH/c22-16-6-3-5-15(12-16)21(27)25-18-7-2-1-4-14(18)13-19(25)20(26)24-17-8-10-23-11-9-17;/h3,5-6,12,14,17-19,23H,1-2,4,7-11,13H2,(H,24,26);1H. The highest BCUT2D eigenvalue weighted by Crippen LogP contribution is 2.40. The fraction of sp³-hybridized carbons (Fsp3) is 0.619. The number of hydrogen-bond acceptors (Lipinski definition) is 3. The Morgan fingerprint density at radius 2 is 1.86 bits per heavy atom. The number of carbonyl (C=O) groups excluding carboxylic acids is 2. The fourth-order valence-corrected chi connectivity index (χ4v) is 5.21. The number of rotatable bonds is 3. The molecule has 2 N–H and O–H groups in total. The smallest absolute Gasteiger partial charge is 0.254 e. The van der Waals surface area contributed by atoms with Crippen LogP contribution < -0.4 is 10.6 Å². The van der Waals surface area contributed by atoms with Crippen molar-refractivity contribution in [1.82, 2.24) is 15.5 Å². The Balaban J connectivity index is 0.00000225. The van der Waals surface area contributed by atoms with Crippen LogP contribution in [-0.2, 0) is 4.79 Å². The Kier molecular flexibility index (Phi) is 7.24. The molecule has 0 spiro atoms. The molecule has 154 valence electrons. The predicted octanol–water partition coefficient (Wildman–Crippen LogP) is 3.40. The lowest BCUT2D eigenvalue weighted by Crippen LogP contribution is -2.52. The van der Waals surface area contributed by atoms with E-state index in [1.54, 1.807) is 24.3 Å². The lowest BCUT2D eigenvalue weighted by atomic mass is 9.84. The molecule has 5 nitrogen and oxygen atoms in total. The molecule has 0 aromatic heterocycles. The number of nitrogens with one attached hydrogen (secondary N) is 2. The Morgan fingerprint density at radius 3 is 2.61 bits per heavy atom. The molecule has 2 saturated heterocycles. The van der Waals surface area contributed by atoms with E-state index in [9.17, 15) is 9.59 Å². The van der Waals surface area contributed by atoms with E-state index < -0.39 is 0 Å². The highest BCUT2D eigenvalue weighted by atomic mass is 35.5. The molecule has 1 aromatic rings. The molecule has 0 bridgehead atoms. The van der Waals surface area contributed by atoms with Gasteiger partial charge < -0.3 is 15.5 Å². The van der Waals surface area contributed by atoms with Gasteiger partial charge in [0.1, 0.15) is 6.04 Å². The van der Waals surface area contributed by atoms with Crippen LogP contribution in [0.1, 0.15) is 55.3 Å². The summed E-state index contributed by atoms with van der Waals surface area (Å²) in [6, 6.07) is 7.10. The normalized spacial score (nSPS) is 27.6. The number of hydrogen-bond donors (Lipinski definition) is 2. The Labute approximate surface area is 178 Å². The van der Waals surface area contributed by atoms with Crippen LogP contribution in [0.25, 0.3) is 0 Å². The number of nitrogens with zero attached hydrogens (tertiary/aromatic N) is 1. The molecule has 2 aliphatic heterocycles. The van der Waals surface area contributed by atoms with E-state index >= 15 is 0 Å². The third-order valence-corrected chi connectivity index (χ3v) is 6.62. The van der Waals surface area contributed by atoms with Gasteiger partial charge in [-0.1, -0.05) is 30.5 Å². The minimum atomic E-state index is -0.362.